The van der Waals surface area contributed by atoms with Crippen molar-refractivity contribution >= 4 is 11.0 Å². The standard InChI is InChI=1S/C21H24N2O2S/c1-15(2)26(24)23-21-14-25-12-11-20(21)17-9-7-16(8-10-17)19-6-4-3-5-18(19)13-22/h3-10,15,20-21,23H,11-12,14H2,1-2H3. The summed E-state index contributed by atoms with van der Waals surface area (Å²) < 4.78 is 21.1. The number of nitrogens with zero attached hydrogens (tertiary/aromatic N) is 1. The van der Waals surface area contributed by atoms with E-state index in [9.17, 15) is 9.47 Å². The van der Waals surface area contributed by atoms with Gasteiger partial charge in [0.25, 0.3) is 0 Å². The first-order valence-electron chi connectivity index (χ1n) is 8.94. The number of nitrogens with one attached hydrogen (secondary N) is 1. The molecule has 0 bridgehead atoms. The molecule has 2 aromatic rings. The Balaban J connectivity index is 1.82. The first-order valence-corrected chi connectivity index (χ1v) is 10.2. The fourth-order valence-corrected chi connectivity index (χ4v) is 4.08. The van der Waals surface area contributed by atoms with E-state index in [0.717, 1.165) is 24.2 Å². The fraction of sp³-hybridized carbons (Fsp3) is 0.381. The van der Waals surface area contributed by atoms with E-state index in [1.54, 1.807) is 0 Å². The Morgan fingerprint density at radius 2 is 1.92 bits per heavy atom. The second-order valence-electron chi connectivity index (χ2n) is 6.82. The zero-order chi connectivity index (χ0) is 18.5. The van der Waals surface area contributed by atoms with E-state index in [1.807, 2.05) is 38.1 Å². The zero-order valence-electron chi connectivity index (χ0n) is 15.1. The Kier molecular flexibility index (Phi) is 6.20. The second kappa shape index (κ2) is 8.59. The van der Waals surface area contributed by atoms with Crippen LogP contribution in [0, 0.1) is 11.3 Å². The minimum Gasteiger partial charge on any atom is -0.380 e. The maximum atomic E-state index is 12.2. The van der Waals surface area contributed by atoms with Gasteiger partial charge in [0.05, 0.1) is 29.2 Å². The molecule has 1 aliphatic rings. The summed E-state index contributed by atoms with van der Waals surface area (Å²) in [4.78, 5) is 0. The summed E-state index contributed by atoms with van der Waals surface area (Å²) in [5.41, 5.74) is 3.88. The van der Waals surface area contributed by atoms with Crippen molar-refractivity contribution in [3.05, 3.63) is 59.7 Å². The van der Waals surface area contributed by atoms with Crippen LogP contribution in [0.25, 0.3) is 11.1 Å². The van der Waals surface area contributed by atoms with Gasteiger partial charge < -0.3 is 4.74 Å². The number of benzene rings is 2. The number of nitriles is 1. The van der Waals surface area contributed by atoms with Crippen molar-refractivity contribution in [1.29, 1.82) is 5.26 Å². The van der Waals surface area contributed by atoms with Crippen LogP contribution in [-0.2, 0) is 15.7 Å². The summed E-state index contributed by atoms with van der Waals surface area (Å²) in [6.07, 6.45) is 0.904. The van der Waals surface area contributed by atoms with Crippen LogP contribution in [0.3, 0.4) is 0 Å². The Morgan fingerprint density at radius 1 is 1.19 bits per heavy atom. The molecule has 3 rings (SSSR count). The summed E-state index contributed by atoms with van der Waals surface area (Å²) in [5.74, 6) is 0.270. The van der Waals surface area contributed by atoms with Crippen molar-refractivity contribution in [1.82, 2.24) is 4.72 Å². The van der Waals surface area contributed by atoms with Gasteiger partial charge in [0.2, 0.25) is 0 Å². The van der Waals surface area contributed by atoms with E-state index in [1.165, 1.54) is 5.56 Å². The van der Waals surface area contributed by atoms with Gasteiger partial charge in [-0.25, -0.2) is 8.93 Å². The lowest BCUT2D eigenvalue weighted by atomic mass is 9.87. The second-order valence-corrected chi connectivity index (χ2v) is 8.59. The largest absolute Gasteiger partial charge is 0.380 e. The van der Waals surface area contributed by atoms with Crippen molar-refractivity contribution in [3.8, 4) is 17.2 Å². The molecule has 0 radical (unpaired) electrons. The van der Waals surface area contributed by atoms with Crippen LogP contribution in [0.4, 0.5) is 0 Å². The minimum atomic E-state index is -1.07. The highest BCUT2D eigenvalue weighted by molar-refractivity contribution is 7.83. The molecule has 1 aliphatic heterocycles. The molecular formula is C21H24N2O2S. The van der Waals surface area contributed by atoms with E-state index in [-0.39, 0.29) is 17.2 Å². The molecule has 0 amide bonds. The molecule has 1 N–H and O–H groups in total. The van der Waals surface area contributed by atoms with Crippen LogP contribution in [0.1, 0.15) is 37.3 Å². The molecule has 1 fully saturated rings. The van der Waals surface area contributed by atoms with Gasteiger partial charge in [0.1, 0.15) is 0 Å². The zero-order valence-corrected chi connectivity index (χ0v) is 16.0. The third kappa shape index (κ3) is 4.21. The minimum absolute atomic E-state index is 0.0456. The summed E-state index contributed by atoms with van der Waals surface area (Å²) in [6, 6.07) is 18.3. The Morgan fingerprint density at radius 3 is 2.62 bits per heavy atom. The number of ether oxygens (including phenoxy) is 1. The van der Waals surface area contributed by atoms with Gasteiger partial charge in [-0.15, -0.1) is 0 Å². The summed E-state index contributed by atoms with van der Waals surface area (Å²) in [5, 5.41) is 9.37. The molecule has 0 spiro atoms. The Labute approximate surface area is 157 Å². The number of rotatable bonds is 5. The molecule has 26 heavy (non-hydrogen) atoms. The highest BCUT2D eigenvalue weighted by Gasteiger charge is 2.29. The smallest absolute Gasteiger partial charge is 0.0998 e. The van der Waals surface area contributed by atoms with E-state index >= 15 is 0 Å². The Bertz CT molecular complexity index is 812. The highest BCUT2D eigenvalue weighted by Crippen LogP contribution is 2.30. The molecule has 136 valence electrons. The maximum Gasteiger partial charge on any atom is 0.0998 e. The van der Waals surface area contributed by atoms with E-state index in [4.69, 9.17) is 4.74 Å². The topological polar surface area (TPSA) is 62.1 Å². The summed E-state index contributed by atoms with van der Waals surface area (Å²) in [7, 11) is -1.07. The lowest BCUT2D eigenvalue weighted by Gasteiger charge is -2.32. The van der Waals surface area contributed by atoms with Gasteiger partial charge >= 0.3 is 0 Å². The Hall–Kier alpha value is -2.00. The highest BCUT2D eigenvalue weighted by atomic mass is 32.2. The van der Waals surface area contributed by atoms with Crippen molar-refractivity contribution < 1.29 is 8.95 Å². The van der Waals surface area contributed by atoms with Gasteiger partial charge in [-0.05, 0) is 43.0 Å². The van der Waals surface area contributed by atoms with Gasteiger partial charge in [0, 0.05) is 23.8 Å². The molecule has 0 aromatic heterocycles. The predicted molar refractivity (Wildman–Crippen MR) is 105 cm³/mol. The first kappa shape index (κ1) is 18.8. The third-order valence-electron chi connectivity index (χ3n) is 4.75. The fourth-order valence-electron chi connectivity index (χ4n) is 3.28. The van der Waals surface area contributed by atoms with Crippen molar-refractivity contribution in [2.45, 2.75) is 37.5 Å². The van der Waals surface area contributed by atoms with Gasteiger partial charge in [-0.3, -0.25) is 0 Å². The monoisotopic (exact) mass is 368 g/mol. The van der Waals surface area contributed by atoms with E-state index in [2.05, 4.69) is 35.1 Å². The van der Waals surface area contributed by atoms with Crippen LogP contribution in [-0.4, -0.2) is 28.7 Å². The lowest BCUT2D eigenvalue weighted by molar-refractivity contribution is 0.0649. The number of hydrogen-bond acceptors (Lipinski definition) is 3. The summed E-state index contributed by atoms with van der Waals surface area (Å²) in [6.45, 7) is 5.19. The van der Waals surface area contributed by atoms with E-state index in [0.29, 0.717) is 12.2 Å². The van der Waals surface area contributed by atoms with Crippen LogP contribution in [0.5, 0.6) is 0 Å². The molecule has 5 heteroatoms. The molecule has 1 heterocycles. The molecule has 3 atom stereocenters. The lowest BCUT2D eigenvalue weighted by Crippen LogP contribution is -2.44. The van der Waals surface area contributed by atoms with E-state index < -0.39 is 11.0 Å². The SMILES string of the molecule is CC(C)S(=O)NC1COCCC1c1ccc(-c2ccccc2C#N)cc1. The molecule has 0 saturated carbocycles. The molecule has 1 saturated heterocycles. The summed E-state index contributed by atoms with van der Waals surface area (Å²) >= 11 is 0. The predicted octanol–water partition coefficient (Wildman–Crippen LogP) is 3.76. The average Bonchev–Trinajstić information content (AvgIpc) is 2.68. The van der Waals surface area contributed by atoms with Gasteiger partial charge in [0.15, 0.2) is 0 Å². The van der Waals surface area contributed by atoms with Crippen molar-refractivity contribution in [2.24, 2.45) is 0 Å². The molecule has 2 aromatic carbocycles. The van der Waals surface area contributed by atoms with Crippen LogP contribution in [0.2, 0.25) is 0 Å². The van der Waals surface area contributed by atoms with Crippen molar-refractivity contribution in [3.63, 3.8) is 0 Å². The first-order chi connectivity index (χ1) is 12.6. The average molecular weight is 369 g/mol. The van der Waals surface area contributed by atoms with Crippen LogP contribution < -0.4 is 4.72 Å². The van der Waals surface area contributed by atoms with Crippen molar-refractivity contribution in [2.75, 3.05) is 13.2 Å². The van der Waals surface area contributed by atoms with Gasteiger partial charge in [-0.2, -0.15) is 5.26 Å². The molecular weight excluding hydrogens is 344 g/mol. The normalized spacial score (nSPS) is 21.3. The molecule has 3 unspecified atom stereocenters. The molecule has 4 nitrogen and oxygen atoms in total. The third-order valence-corrected chi connectivity index (χ3v) is 6.14. The van der Waals surface area contributed by atoms with Crippen LogP contribution >= 0.6 is 0 Å². The quantitative estimate of drug-likeness (QED) is 0.874. The maximum absolute atomic E-state index is 12.2. The molecule has 0 aliphatic carbocycles. The number of hydrogen-bond donors (Lipinski definition) is 1. The van der Waals surface area contributed by atoms with Crippen LogP contribution in [0.15, 0.2) is 48.5 Å². The van der Waals surface area contributed by atoms with Gasteiger partial charge in [-0.1, -0.05) is 42.5 Å².